The molecular weight excluding hydrogens is 216 g/mol. The first-order valence-corrected chi connectivity index (χ1v) is 6.06. The van der Waals surface area contributed by atoms with Gasteiger partial charge < -0.3 is 5.73 Å². The van der Waals surface area contributed by atoms with Gasteiger partial charge in [-0.3, -0.25) is 9.55 Å². The summed E-state index contributed by atoms with van der Waals surface area (Å²) in [6.45, 7) is 0. The molecule has 1 saturated carbocycles. The van der Waals surface area contributed by atoms with E-state index in [4.69, 9.17) is 5.73 Å². The molecule has 2 atom stereocenters. The first-order valence-electron chi connectivity index (χ1n) is 6.06. The molecule has 3 N–H and O–H groups in total. The van der Waals surface area contributed by atoms with Gasteiger partial charge in [-0.1, -0.05) is 0 Å². The molecule has 17 heavy (non-hydrogen) atoms. The highest BCUT2D eigenvalue weighted by Gasteiger charge is 2.23. The molecular formula is C12H16N4O. The maximum Gasteiger partial charge on any atom is 0.327 e. The van der Waals surface area contributed by atoms with Crippen LogP contribution in [-0.4, -0.2) is 20.6 Å². The second-order valence-electron chi connectivity index (χ2n) is 4.75. The second kappa shape index (κ2) is 4.00. The summed E-state index contributed by atoms with van der Waals surface area (Å²) in [6.07, 6.45) is 5.74. The highest BCUT2D eigenvalue weighted by Crippen LogP contribution is 2.28. The summed E-state index contributed by atoms with van der Waals surface area (Å²) in [7, 11) is 0. The minimum absolute atomic E-state index is 0.0715. The quantitative estimate of drug-likeness (QED) is 0.774. The van der Waals surface area contributed by atoms with E-state index in [1.54, 1.807) is 6.20 Å². The highest BCUT2D eigenvalue weighted by atomic mass is 16.1. The molecule has 1 aliphatic carbocycles. The van der Waals surface area contributed by atoms with Gasteiger partial charge in [0.15, 0.2) is 5.65 Å². The number of nitrogens with one attached hydrogen (secondary N) is 1. The third-order valence-corrected chi connectivity index (χ3v) is 3.54. The van der Waals surface area contributed by atoms with Gasteiger partial charge in [-0.2, -0.15) is 0 Å². The predicted octanol–water partition coefficient (Wildman–Crippen LogP) is 1.17. The van der Waals surface area contributed by atoms with Crippen LogP contribution < -0.4 is 11.4 Å². The van der Waals surface area contributed by atoms with Crippen molar-refractivity contribution in [2.75, 3.05) is 0 Å². The van der Waals surface area contributed by atoms with Gasteiger partial charge in [-0.05, 0) is 37.8 Å². The summed E-state index contributed by atoms with van der Waals surface area (Å²) >= 11 is 0. The van der Waals surface area contributed by atoms with Crippen molar-refractivity contribution in [3.8, 4) is 0 Å². The van der Waals surface area contributed by atoms with E-state index >= 15 is 0 Å². The molecule has 2 aromatic rings. The van der Waals surface area contributed by atoms with Crippen LogP contribution in [0.25, 0.3) is 11.2 Å². The van der Waals surface area contributed by atoms with Crippen LogP contribution in [0.2, 0.25) is 0 Å². The molecule has 0 aromatic carbocycles. The standard InChI is InChI=1S/C12H16N4O/c13-8-3-1-4-9(7-8)16-10-5-2-6-14-11(10)15-12(16)17/h2,5-6,8-9H,1,3-4,7,13H2,(H,14,15,17). The number of aromatic amines is 1. The zero-order chi connectivity index (χ0) is 11.8. The van der Waals surface area contributed by atoms with Gasteiger partial charge in [-0.15, -0.1) is 0 Å². The molecule has 1 fully saturated rings. The molecule has 5 nitrogen and oxygen atoms in total. The molecule has 0 bridgehead atoms. The van der Waals surface area contributed by atoms with Crippen molar-refractivity contribution in [3.05, 3.63) is 28.8 Å². The lowest BCUT2D eigenvalue weighted by Crippen LogP contribution is -2.32. The molecule has 0 aliphatic heterocycles. The third-order valence-electron chi connectivity index (χ3n) is 3.54. The maximum absolute atomic E-state index is 12.0. The molecule has 2 unspecified atom stereocenters. The van der Waals surface area contributed by atoms with Crippen LogP contribution in [0.5, 0.6) is 0 Å². The molecule has 5 heteroatoms. The Morgan fingerprint density at radius 2 is 2.35 bits per heavy atom. The second-order valence-corrected chi connectivity index (χ2v) is 4.75. The van der Waals surface area contributed by atoms with E-state index in [-0.39, 0.29) is 17.8 Å². The van der Waals surface area contributed by atoms with E-state index in [2.05, 4.69) is 9.97 Å². The number of H-pyrrole nitrogens is 1. The van der Waals surface area contributed by atoms with Gasteiger partial charge in [0, 0.05) is 18.3 Å². The smallest absolute Gasteiger partial charge is 0.327 e. The van der Waals surface area contributed by atoms with Gasteiger partial charge in [0.05, 0.1) is 5.52 Å². The van der Waals surface area contributed by atoms with Crippen LogP contribution in [0, 0.1) is 0 Å². The Bertz CT molecular complexity index is 585. The average molecular weight is 232 g/mol. The number of hydrogen-bond acceptors (Lipinski definition) is 3. The van der Waals surface area contributed by atoms with Gasteiger partial charge in [-0.25, -0.2) is 9.78 Å². The number of rotatable bonds is 1. The summed E-state index contributed by atoms with van der Waals surface area (Å²) < 4.78 is 1.82. The van der Waals surface area contributed by atoms with Gasteiger partial charge in [0.25, 0.3) is 0 Å². The van der Waals surface area contributed by atoms with E-state index < -0.39 is 0 Å². The minimum Gasteiger partial charge on any atom is -0.328 e. The molecule has 90 valence electrons. The molecule has 0 radical (unpaired) electrons. The fourth-order valence-electron chi connectivity index (χ4n) is 2.76. The Kier molecular flexibility index (Phi) is 2.48. The van der Waals surface area contributed by atoms with Crippen molar-refractivity contribution < 1.29 is 0 Å². The lowest BCUT2D eigenvalue weighted by atomic mass is 9.91. The predicted molar refractivity (Wildman–Crippen MR) is 65.8 cm³/mol. The van der Waals surface area contributed by atoms with Crippen LogP contribution in [0.4, 0.5) is 0 Å². The Balaban J connectivity index is 2.10. The topological polar surface area (TPSA) is 76.7 Å². The van der Waals surface area contributed by atoms with E-state index in [1.165, 1.54) is 0 Å². The summed E-state index contributed by atoms with van der Waals surface area (Å²) in [4.78, 5) is 18.9. The van der Waals surface area contributed by atoms with E-state index in [0.29, 0.717) is 5.65 Å². The summed E-state index contributed by atoms with van der Waals surface area (Å²) in [6, 6.07) is 4.21. The molecule has 0 amide bonds. The Morgan fingerprint density at radius 3 is 3.18 bits per heavy atom. The summed E-state index contributed by atoms with van der Waals surface area (Å²) in [5.41, 5.74) is 7.46. The Hall–Kier alpha value is -1.62. The lowest BCUT2D eigenvalue weighted by Gasteiger charge is -2.27. The molecule has 0 spiro atoms. The van der Waals surface area contributed by atoms with Crippen LogP contribution in [0.3, 0.4) is 0 Å². The van der Waals surface area contributed by atoms with Crippen molar-refractivity contribution in [2.24, 2.45) is 5.73 Å². The summed E-state index contributed by atoms with van der Waals surface area (Å²) in [5.74, 6) is 0. The zero-order valence-electron chi connectivity index (χ0n) is 9.60. The number of hydrogen-bond donors (Lipinski definition) is 2. The zero-order valence-corrected chi connectivity index (χ0v) is 9.60. The van der Waals surface area contributed by atoms with E-state index in [1.807, 2.05) is 16.7 Å². The van der Waals surface area contributed by atoms with Gasteiger partial charge >= 0.3 is 5.69 Å². The monoisotopic (exact) mass is 232 g/mol. The lowest BCUT2D eigenvalue weighted by molar-refractivity contribution is 0.320. The molecule has 1 aliphatic rings. The Labute approximate surface area is 98.7 Å². The molecule has 0 saturated heterocycles. The van der Waals surface area contributed by atoms with Gasteiger partial charge in [0.2, 0.25) is 0 Å². The fraction of sp³-hybridized carbons (Fsp3) is 0.500. The number of pyridine rings is 1. The normalized spacial score (nSPS) is 25.2. The van der Waals surface area contributed by atoms with Crippen molar-refractivity contribution in [1.82, 2.24) is 14.5 Å². The van der Waals surface area contributed by atoms with Crippen molar-refractivity contribution in [1.29, 1.82) is 0 Å². The summed E-state index contributed by atoms with van der Waals surface area (Å²) in [5, 5.41) is 0. The number of aromatic nitrogens is 3. The number of nitrogens with zero attached hydrogens (tertiary/aromatic N) is 2. The average Bonchev–Trinajstić information content (AvgIpc) is 2.64. The van der Waals surface area contributed by atoms with Crippen LogP contribution in [0.15, 0.2) is 23.1 Å². The highest BCUT2D eigenvalue weighted by molar-refractivity contribution is 5.70. The van der Waals surface area contributed by atoms with Crippen LogP contribution >= 0.6 is 0 Å². The molecule has 3 rings (SSSR count). The number of fused-ring (bicyclic) bond motifs is 1. The first-order chi connectivity index (χ1) is 8.25. The fourth-order valence-corrected chi connectivity index (χ4v) is 2.76. The van der Waals surface area contributed by atoms with Crippen LogP contribution in [0.1, 0.15) is 31.7 Å². The molecule has 2 heterocycles. The van der Waals surface area contributed by atoms with Crippen molar-refractivity contribution in [2.45, 2.75) is 37.8 Å². The maximum atomic E-state index is 12.0. The van der Waals surface area contributed by atoms with Crippen LogP contribution in [-0.2, 0) is 0 Å². The number of nitrogens with two attached hydrogens (primary N) is 1. The van der Waals surface area contributed by atoms with Crippen molar-refractivity contribution >= 4 is 11.2 Å². The molecule has 2 aromatic heterocycles. The minimum atomic E-state index is -0.0715. The van der Waals surface area contributed by atoms with Gasteiger partial charge in [0.1, 0.15) is 0 Å². The SMILES string of the molecule is NC1CCCC(n2c(=O)[nH]c3ncccc32)C1. The van der Waals surface area contributed by atoms with E-state index in [9.17, 15) is 4.79 Å². The van der Waals surface area contributed by atoms with Crippen molar-refractivity contribution in [3.63, 3.8) is 0 Å². The first kappa shape index (κ1) is 10.5. The largest absolute Gasteiger partial charge is 0.328 e. The third kappa shape index (κ3) is 1.76. The number of imidazole rings is 1. The van der Waals surface area contributed by atoms with E-state index in [0.717, 1.165) is 31.2 Å². The Morgan fingerprint density at radius 1 is 1.47 bits per heavy atom.